The molecule has 0 aliphatic carbocycles. The number of carboxylic acid groups (broad SMARTS) is 1. The summed E-state index contributed by atoms with van der Waals surface area (Å²) in [6.45, 7) is 5.96. The first kappa shape index (κ1) is 19.0. The SMILES string of the molecule is CN(C(=O)OCc1cccc(C(C)(C)C)c1)C(CO)CC(=O)O. The van der Waals surface area contributed by atoms with E-state index in [9.17, 15) is 14.7 Å². The van der Waals surface area contributed by atoms with Crippen LogP contribution in [-0.4, -0.2) is 46.9 Å². The summed E-state index contributed by atoms with van der Waals surface area (Å²) in [4.78, 5) is 23.8. The Bertz CT molecular complexity index is 550. The quantitative estimate of drug-likeness (QED) is 0.839. The molecule has 128 valence electrons. The number of rotatable bonds is 6. The van der Waals surface area contributed by atoms with Crippen LogP contribution in [0.3, 0.4) is 0 Å². The molecule has 0 aliphatic heterocycles. The number of carbonyl (C=O) groups is 2. The van der Waals surface area contributed by atoms with Gasteiger partial charge in [-0.1, -0.05) is 45.0 Å². The average molecular weight is 323 g/mol. The van der Waals surface area contributed by atoms with Gasteiger partial charge in [-0.15, -0.1) is 0 Å². The number of carboxylic acids is 1. The number of hydrogen-bond donors (Lipinski definition) is 2. The molecule has 1 amide bonds. The monoisotopic (exact) mass is 323 g/mol. The summed E-state index contributed by atoms with van der Waals surface area (Å²) in [5.41, 5.74) is 2.00. The van der Waals surface area contributed by atoms with Crippen LogP contribution in [0, 0.1) is 0 Å². The number of aliphatic hydroxyl groups is 1. The molecule has 1 unspecified atom stereocenters. The Labute approximate surface area is 136 Å². The fourth-order valence-electron chi connectivity index (χ4n) is 2.05. The number of nitrogens with zero attached hydrogens (tertiary/aromatic N) is 1. The highest BCUT2D eigenvalue weighted by Gasteiger charge is 2.23. The Morgan fingerprint density at radius 1 is 1.30 bits per heavy atom. The average Bonchev–Trinajstić information content (AvgIpc) is 2.48. The van der Waals surface area contributed by atoms with Crippen LogP contribution in [-0.2, 0) is 21.6 Å². The molecule has 1 aromatic carbocycles. The lowest BCUT2D eigenvalue weighted by Gasteiger charge is -2.25. The highest BCUT2D eigenvalue weighted by molar-refractivity contribution is 5.71. The third kappa shape index (κ3) is 5.90. The minimum atomic E-state index is -1.08. The van der Waals surface area contributed by atoms with Gasteiger partial charge in [0, 0.05) is 7.05 Å². The molecule has 6 nitrogen and oxygen atoms in total. The maximum atomic E-state index is 12.0. The van der Waals surface area contributed by atoms with Gasteiger partial charge in [-0.05, 0) is 16.5 Å². The number of aliphatic hydroxyl groups excluding tert-OH is 1. The summed E-state index contributed by atoms with van der Waals surface area (Å²) < 4.78 is 5.20. The second kappa shape index (κ2) is 7.97. The normalized spacial score (nSPS) is 12.6. The Kier molecular flexibility index (Phi) is 6.57. The third-order valence-corrected chi connectivity index (χ3v) is 3.61. The number of hydrogen-bond acceptors (Lipinski definition) is 4. The van der Waals surface area contributed by atoms with E-state index in [1.54, 1.807) is 0 Å². The van der Waals surface area contributed by atoms with Gasteiger partial charge in [0.25, 0.3) is 0 Å². The lowest BCUT2D eigenvalue weighted by molar-refractivity contribution is -0.138. The van der Waals surface area contributed by atoms with E-state index in [1.165, 1.54) is 7.05 Å². The van der Waals surface area contributed by atoms with Crippen molar-refractivity contribution in [2.75, 3.05) is 13.7 Å². The number of amides is 1. The zero-order valence-electron chi connectivity index (χ0n) is 14.1. The van der Waals surface area contributed by atoms with Crippen molar-refractivity contribution in [2.45, 2.75) is 45.3 Å². The zero-order chi connectivity index (χ0) is 17.6. The maximum absolute atomic E-state index is 12.0. The molecule has 0 spiro atoms. The number of ether oxygens (including phenoxy) is 1. The topological polar surface area (TPSA) is 87.1 Å². The van der Waals surface area contributed by atoms with Crippen molar-refractivity contribution in [1.82, 2.24) is 4.90 Å². The van der Waals surface area contributed by atoms with Crippen molar-refractivity contribution in [3.05, 3.63) is 35.4 Å². The van der Waals surface area contributed by atoms with Gasteiger partial charge in [-0.25, -0.2) is 4.79 Å². The van der Waals surface area contributed by atoms with Crippen LogP contribution in [0.25, 0.3) is 0 Å². The summed E-state index contributed by atoms with van der Waals surface area (Å²) in [5, 5.41) is 18.0. The molecular weight excluding hydrogens is 298 g/mol. The van der Waals surface area contributed by atoms with Crippen molar-refractivity contribution in [1.29, 1.82) is 0 Å². The zero-order valence-corrected chi connectivity index (χ0v) is 14.1. The van der Waals surface area contributed by atoms with Crippen molar-refractivity contribution in [3.8, 4) is 0 Å². The van der Waals surface area contributed by atoms with Crippen LogP contribution in [0.4, 0.5) is 4.79 Å². The molecule has 0 heterocycles. The molecule has 6 heteroatoms. The van der Waals surface area contributed by atoms with Gasteiger partial charge < -0.3 is 19.8 Å². The van der Waals surface area contributed by atoms with E-state index < -0.39 is 24.7 Å². The first-order chi connectivity index (χ1) is 10.6. The fourth-order valence-corrected chi connectivity index (χ4v) is 2.05. The van der Waals surface area contributed by atoms with Gasteiger partial charge in [0.2, 0.25) is 0 Å². The van der Waals surface area contributed by atoms with Crippen LogP contribution in [0.15, 0.2) is 24.3 Å². The van der Waals surface area contributed by atoms with Crippen molar-refractivity contribution in [3.63, 3.8) is 0 Å². The molecule has 0 fully saturated rings. The van der Waals surface area contributed by atoms with E-state index >= 15 is 0 Å². The first-order valence-corrected chi connectivity index (χ1v) is 7.46. The van der Waals surface area contributed by atoms with E-state index in [2.05, 4.69) is 20.8 Å². The molecular formula is C17H25NO5. The van der Waals surface area contributed by atoms with Gasteiger partial charge >= 0.3 is 12.1 Å². The smallest absolute Gasteiger partial charge is 0.410 e. The van der Waals surface area contributed by atoms with E-state index in [0.29, 0.717) is 0 Å². The number of likely N-dealkylation sites (N-methyl/N-ethyl adjacent to an activating group) is 1. The van der Waals surface area contributed by atoms with Crippen LogP contribution in [0.1, 0.15) is 38.3 Å². The van der Waals surface area contributed by atoms with Crippen molar-refractivity contribution in [2.24, 2.45) is 0 Å². The Morgan fingerprint density at radius 2 is 1.96 bits per heavy atom. The molecule has 0 radical (unpaired) electrons. The molecule has 1 aromatic rings. The first-order valence-electron chi connectivity index (χ1n) is 7.46. The van der Waals surface area contributed by atoms with E-state index in [1.807, 2.05) is 24.3 Å². The summed E-state index contributed by atoms with van der Waals surface area (Å²) in [7, 11) is 1.41. The van der Waals surface area contributed by atoms with Crippen LogP contribution < -0.4 is 0 Å². The van der Waals surface area contributed by atoms with Gasteiger partial charge in [0.05, 0.1) is 19.1 Å². The second-order valence-corrected chi connectivity index (χ2v) is 6.55. The minimum absolute atomic E-state index is 0.000280. The number of aliphatic carboxylic acids is 1. The summed E-state index contributed by atoms with van der Waals surface area (Å²) in [6, 6.07) is 6.97. The second-order valence-electron chi connectivity index (χ2n) is 6.55. The van der Waals surface area contributed by atoms with Gasteiger partial charge in [-0.3, -0.25) is 4.79 Å². The number of benzene rings is 1. The Balaban J connectivity index is 2.67. The van der Waals surface area contributed by atoms with Crippen LogP contribution in [0.5, 0.6) is 0 Å². The molecule has 0 aromatic heterocycles. The molecule has 0 aliphatic rings. The van der Waals surface area contributed by atoms with Gasteiger partial charge in [-0.2, -0.15) is 0 Å². The lowest BCUT2D eigenvalue weighted by atomic mass is 9.86. The van der Waals surface area contributed by atoms with Crippen molar-refractivity contribution < 1.29 is 24.5 Å². The fraction of sp³-hybridized carbons (Fsp3) is 0.529. The predicted octanol–water partition coefficient (Wildman–Crippen LogP) is 2.39. The largest absolute Gasteiger partial charge is 0.481 e. The standard InChI is InChI=1S/C17H25NO5/c1-17(2,3)13-7-5-6-12(8-13)11-23-16(22)18(4)14(10-19)9-15(20)21/h5-8,14,19H,9-11H2,1-4H3,(H,20,21). The molecule has 0 saturated carbocycles. The highest BCUT2D eigenvalue weighted by atomic mass is 16.6. The molecule has 0 bridgehead atoms. The lowest BCUT2D eigenvalue weighted by Crippen LogP contribution is -2.41. The Morgan fingerprint density at radius 3 is 2.48 bits per heavy atom. The maximum Gasteiger partial charge on any atom is 0.410 e. The predicted molar refractivity (Wildman–Crippen MR) is 86.2 cm³/mol. The summed E-state index contributed by atoms with van der Waals surface area (Å²) in [5.74, 6) is -1.08. The van der Waals surface area contributed by atoms with Crippen LogP contribution in [0.2, 0.25) is 0 Å². The van der Waals surface area contributed by atoms with Gasteiger partial charge in [0.1, 0.15) is 6.61 Å². The molecule has 0 saturated heterocycles. The van der Waals surface area contributed by atoms with Crippen molar-refractivity contribution >= 4 is 12.1 Å². The van der Waals surface area contributed by atoms with E-state index in [-0.39, 0.29) is 18.4 Å². The molecule has 23 heavy (non-hydrogen) atoms. The highest BCUT2D eigenvalue weighted by Crippen LogP contribution is 2.23. The molecule has 2 N–H and O–H groups in total. The molecule has 1 rings (SSSR count). The Hall–Kier alpha value is -2.08. The van der Waals surface area contributed by atoms with Gasteiger partial charge in [0.15, 0.2) is 0 Å². The summed E-state index contributed by atoms with van der Waals surface area (Å²) in [6.07, 6.45) is -0.992. The molecule has 1 atom stereocenters. The van der Waals surface area contributed by atoms with E-state index in [4.69, 9.17) is 9.84 Å². The minimum Gasteiger partial charge on any atom is -0.481 e. The summed E-state index contributed by atoms with van der Waals surface area (Å²) >= 11 is 0. The van der Waals surface area contributed by atoms with E-state index in [0.717, 1.165) is 16.0 Å². The number of carbonyl (C=O) groups excluding carboxylic acids is 1. The third-order valence-electron chi connectivity index (χ3n) is 3.61. The van der Waals surface area contributed by atoms with Crippen LogP contribution >= 0.6 is 0 Å².